The van der Waals surface area contributed by atoms with E-state index >= 15 is 0 Å². The topological polar surface area (TPSA) is 97.5 Å². The minimum Gasteiger partial charge on any atom is -0.491 e. The molecule has 1 aliphatic rings. The number of aromatic carboxylic acids is 1. The molecule has 1 aromatic carbocycles. The number of halogens is 2. The standard InChI is InChI=1S/C17H18F2N4O4/c1-27-15-12(18)5-4-11(14(15)19)16(24)22-6-2-3-10(7-22)8-23-9-13(17(25)26)20-21-23/h4-5,9-10H,2-3,6-8H2,1H3,(H,25,26). The van der Waals surface area contributed by atoms with Gasteiger partial charge in [-0.05, 0) is 30.9 Å². The van der Waals surface area contributed by atoms with Gasteiger partial charge in [-0.2, -0.15) is 0 Å². The highest BCUT2D eigenvalue weighted by molar-refractivity contribution is 5.95. The molecule has 1 saturated heterocycles. The number of methoxy groups -OCH3 is 1. The van der Waals surface area contributed by atoms with Crippen molar-refractivity contribution in [1.82, 2.24) is 19.9 Å². The van der Waals surface area contributed by atoms with Gasteiger partial charge in [0.25, 0.3) is 5.91 Å². The van der Waals surface area contributed by atoms with Crippen LogP contribution < -0.4 is 4.74 Å². The fourth-order valence-corrected chi connectivity index (χ4v) is 3.20. The van der Waals surface area contributed by atoms with E-state index in [0.29, 0.717) is 26.1 Å². The molecule has 27 heavy (non-hydrogen) atoms. The third-order valence-electron chi connectivity index (χ3n) is 4.49. The molecule has 1 amide bonds. The summed E-state index contributed by atoms with van der Waals surface area (Å²) in [6.07, 6.45) is 2.84. The molecule has 1 atom stereocenters. The van der Waals surface area contributed by atoms with Gasteiger partial charge >= 0.3 is 5.97 Å². The van der Waals surface area contributed by atoms with E-state index in [4.69, 9.17) is 5.11 Å². The largest absolute Gasteiger partial charge is 0.491 e. The first-order valence-electron chi connectivity index (χ1n) is 8.35. The normalized spacial score (nSPS) is 17.0. The van der Waals surface area contributed by atoms with Crippen LogP contribution >= 0.6 is 0 Å². The predicted octanol–water partition coefficient (Wildman–Crippen LogP) is 1.82. The molecule has 1 N–H and O–H groups in total. The van der Waals surface area contributed by atoms with Crippen molar-refractivity contribution in [2.45, 2.75) is 19.4 Å². The van der Waals surface area contributed by atoms with Gasteiger partial charge in [-0.25, -0.2) is 13.6 Å². The zero-order valence-corrected chi connectivity index (χ0v) is 14.6. The van der Waals surface area contributed by atoms with Crippen LogP contribution in [0.1, 0.15) is 33.7 Å². The summed E-state index contributed by atoms with van der Waals surface area (Å²) < 4.78 is 34.0. The fraction of sp³-hybridized carbons (Fsp3) is 0.412. The van der Waals surface area contributed by atoms with E-state index in [2.05, 4.69) is 15.0 Å². The number of rotatable bonds is 5. The first kappa shape index (κ1) is 18.7. The van der Waals surface area contributed by atoms with Gasteiger partial charge in [0, 0.05) is 19.6 Å². The molecular formula is C17H18F2N4O4. The van der Waals surface area contributed by atoms with Crippen molar-refractivity contribution < 1.29 is 28.2 Å². The highest BCUT2D eigenvalue weighted by Crippen LogP contribution is 2.27. The van der Waals surface area contributed by atoms with Gasteiger partial charge < -0.3 is 14.7 Å². The lowest BCUT2D eigenvalue weighted by molar-refractivity contribution is 0.0652. The Labute approximate surface area is 153 Å². The van der Waals surface area contributed by atoms with Gasteiger partial charge in [0.2, 0.25) is 0 Å². The number of carbonyl (C=O) groups excluding carboxylic acids is 1. The number of hydrogen-bond donors (Lipinski definition) is 1. The molecule has 0 bridgehead atoms. The highest BCUT2D eigenvalue weighted by atomic mass is 19.1. The van der Waals surface area contributed by atoms with Crippen LogP contribution in [-0.2, 0) is 6.54 Å². The maximum absolute atomic E-state index is 14.4. The first-order chi connectivity index (χ1) is 12.9. The molecule has 3 rings (SSSR count). The number of benzene rings is 1. The van der Waals surface area contributed by atoms with E-state index in [1.54, 1.807) is 0 Å². The molecule has 2 heterocycles. The van der Waals surface area contributed by atoms with Crippen LogP contribution in [0.3, 0.4) is 0 Å². The van der Waals surface area contributed by atoms with Gasteiger partial charge in [0.1, 0.15) is 0 Å². The molecule has 8 nitrogen and oxygen atoms in total. The molecule has 0 saturated carbocycles. The summed E-state index contributed by atoms with van der Waals surface area (Å²) in [4.78, 5) is 25.1. The lowest BCUT2D eigenvalue weighted by Gasteiger charge is -2.32. The Morgan fingerprint density at radius 3 is 2.81 bits per heavy atom. The van der Waals surface area contributed by atoms with Crippen LogP contribution in [0.5, 0.6) is 5.75 Å². The van der Waals surface area contributed by atoms with Crippen molar-refractivity contribution in [2.24, 2.45) is 5.92 Å². The van der Waals surface area contributed by atoms with Crippen LogP contribution in [-0.4, -0.2) is 57.1 Å². The average molecular weight is 380 g/mol. The van der Waals surface area contributed by atoms with Crippen LogP contribution in [0.15, 0.2) is 18.3 Å². The number of amides is 1. The minimum atomic E-state index is -1.16. The van der Waals surface area contributed by atoms with Gasteiger partial charge in [-0.3, -0.25) is 9.48 Å². The Kier molecular flexibility index (Phi) is 5.33. The number of carboxylic acids is 1. The second kappa shape index (κ2) is 7.68. The molecule has 1 aliphatic heterocycles. The number of hydrogen-bond acceptors (Lipinski definition) is 5. The maximum atomic E-state index is 14.4. The number of carbonyl (C=O) groups is 2. The quantitative estimate of drug-likeness (QED) is 0.850. The molecular weight excluding hydrogens is 362 g/mol. The molecule has 0 aliphatic carbocycles. The molecule has 2 aromatic rings. The summed E-state index contributed by atoms with van der Waals surface area (Å²) in [6, 6.07) is 2.11. The molecule has 10 heteroatoms. The van der Waals surface area contributed by atoms with Gasteiger partial charge in [0.05, 0.1) is 18.9 Å². The smallest absolute Gasteiger partial charge is 0.358 e. The number of likely N-dealkylation sites (tertiary alicyclic amines) is 1. The second-order valence-electron chi connectivity index (χ2n) is 6.33. The zero-order valence-electron chi connectivity index (χ0n) is 14.6. The lowest BCUT2D eigenvalue weighted by Crippen LogP contribution is -2.41. The summed E-state index contributed by atoms with van der Waals surface area (Å²) in [5.41, 5.74) is -0.401. The monoisotopic (exact) mass is 380 g/mol. The van der Waals surface area contributed by atoms with Gasteiger partial charge in [-0.15, -0.1) is 5.10 Å². The van der Waals surface area contributed by atoms with E-state index in [9.17, 15) is 18.4 Å². The first-order valence-corrected chi connectivity index (χ1v) is 8.35. The van der Waals surface area contributed by atoms with Crippen molar-refractivity contribution >= 4 is 11.9 Å². The van der Waals surface area contributed by atoms with Crippen LogP contribution in [0.4, 0.5) is 8.78 Å². The van der Waals surface area contributed by atoms with Crippen LogP contribution in [0, 0.1) is 17.6 Å². The summed E-state index contributed by atoms with van der Waals surface area (Å²) in [5.74, 6) is -4.17. The Bertz CT molecular complexity index is 871. The maximum Gasteiger partial charge on any atom is 0.358 e. The van der Waals surface area contributed by atoms with Crippen molar-refractivity contribution in [3.8, 4) is 5.75 Å². The summed E-state index contributed by atoms with van der Waals surface area (Å²) in [5, 5.41) is 16.2. The predicted molar refractivity (Wildman–Crippen MR) is 88.5 cm³/mol. The Morgan fingerprint density at radius 1 is 1.37 bits per heavy atom. The molecule has 144 valence electrons. The molecule has 0 spiro atoms. The number of piperidine rings is 1. The zero-order chi connectivity index (χ0) is 19.6. The second-order valence-corrected chi connectivity index (χ2v) is 6.33. The minimum absolute atomic E-state index is 0.0106. The third-order valence-corrected chi connectivity index (χ3v) is 4.49. The molecule has 0 radical (unpaired) electrons. The van der Waals surface area contributed by atoms with Gasteiger partial charge in [0.15, 0.2) is 23.1 Å². The molecule has 1 unspecified atom stereocenters. The van der Waals surface area contributed by atoms with E-state index in [0.717, 1.165) is 25.7 Å². The number of carboxylic acid groups (broad SMARTS) is 1. The van der Waals surface area contributed by atoms with E-state index in [1.165, 1.54) is 15.8 Å². The van der Waals surface area contributed by atoms with Crippen molar-refractivity contribution in [3.05, 3.63) is 41.2 Å². The van der Waals surface area contributed by atoms with Crippen molar-refractivity contribution in [1.29, 1.82) is 0 Å². The average Bonchev–Trinajstić information content (AvgIpc) is 3.11. The van der Waals surface area contributed by atoms with E-state index in [1.807, 2.05) is 0 Å². The number of aromatic nitrogens is 3. The SMILES string of the molecule is COc1c(F)ccc(C(=O)N2CCCC(Cn3cc(C(=O)O)nn3)C2)c1F. The van der Waals surface area contributed by atoms with Crippen molar-refractivity contribution in [3.63, 3.8) is 0 Å². The summed E-state index contributed by atoms with van der Waals surface area (Å²) >= 11 is 0. The van der Waals surface area contributed by atoms with Gasteiger partial charge in [-0.1, -0.05) is 5.21 Å². The summed E-state index contributed by atoms with van der Waals surface area (Å²) in [6.45, 7) is 1.19. The molecule has 1 aromatic heterocycles. The Morgan fingerprint density at radius 2 is 2.15 bits per heavy atom. The highest BCUT2D eigenvalue weighted by Gasteiger charge is 2.28. The Balaban J connectivity index is 1.72. The summed E-state index contributed by atoms with van der Waals surface area (Å²) in [7, 11) is 1.14. The number of ether oxygens (including phenoxy) is 1. The lowest BCUT2D eigenvalue weighted by atomic mass is 9.97. The fourth-order valence-electron chi connectivity index (χ4n) is 3.20. The Hall–Kier alpha value is -3.04. The van der Waals surface area contributed by atoms with E-state index in [-0.39, 0.29) is 17.2 Å². The number of nitrogens with zero attached hydrogens (tertiary/aromatic N) is 4. The van der Waals surface area contributed by atoms with Crippen LogP contribution in [0.25, 0.3) is 0 Å². The van der Waals surface area contributed by atoms with E-state index < -0.39 is 29.3 Å². The van der Waals surface area contributed by atoms with Crippen LogP contribution in [0.2, 0.25) is 0 Å². The third kappa shape index (κ3) is 3.88. The van der Waals surface area contributed by atoms with Crippen molar-refractivity contribution in [2.75, 3.05) is 20.2 Å². The molecule has 1 fully saturated rings.